The first-order valence-electron chi connectivity index (χ1n) is 4.41. The molecular formula is C10H10BrNO3. The molecule has 0 aliphatic heterocycles. The van der Waals surface area contributed by atoms with Gasteiger partial charge in [0.25, 0.3) is 0 Å². The normalized spacial score (nSPS) is 11.9. The van der Waals surface area contributed by atoms with Gasteiger partial charge in [-0.1, -0.05) is 15.9 Å². The van der Waals surface area contributed by atoms with Gasteiger partial charge in [0.1, 0.15) is 0 Å². The maximum Gasteiger partial charge on any atom is 0.327 e. The van der Waals surface area contributed by atoms with Crippen molar-refractivity contribution in [1.29, 1.82) is 0 Å². The first-order valence-corrected chi connectivity index (χ1v) is 5.33. The van der Waals surface area contributed by atoms with E-state index in [-0.39, 0.29) is 12.4 Å². The van der Waals surface area contributed by atoms with Gasteiger partial charge in [-0.2, -0.15) is 0 Å². The highest BCUT2D eigenvalue weighted by Crippen LogP contribution is 2.11. The van der Waals surface area contributed by atoms with Crippen LogP contribution in [0.4, 0.5) is 0 Å². The quantitative estimate of drug-likeness (QED) is 0.361. The Kier molecular flexibility index (Phi) is 4.42. The third kappa shape index (κ3) is 3.13. The number of carbonyl (C=O) groups is 2. The van der Waals surface area contributed by atoms with E-state index in [1.165, 1.54) is 12.4 Å². The molecule has 0 aliphatic rings. The number of alkyl halides is 1. The van der Waals surface area contributed by atoms with Crippen molar-refractivity contribution in [2.45, 2.75) is 11.8 Å². The molecule has 80 valence electrons. The summed E-state index contributed by atoms with van der Waals surface area (Å²) in [7, 11) is 0. The first kappa shape index (κ1) is 11.8. The van der Waals surface area contributed by atoms with Gasteiger partial charge in [0.15, 0.2) is 10.6 Å². The molecule has 0 N–H and O–H groups in total. The third-order valence-electron chi connectivity index (χ3n) is 1.69. The molecule has 0 saturated heterocycles. The van der Waals surface area contributed by atoms with E-state index in [1.54, 1.807) is 19.1 Å². The standard InChI is InChI=1S/C10H10BrNO3/c1-2-15-10(14)8(11)9(13)7-3-5-12-6-4-7/h3-6,8H,2H2,1H3/t8-/m0/s1. The largest absolute Gasteiger partial charge is 0.465 e. The average molecular weight is 272 g/mol. The van der Waals surface area contributed by atoms with Gasteiger partial charge in [-0.15, -0.1) is 0 Å². The molecule has 4 nitrogen and oxygen atoms in total. The Balaban J connectivity index is 2.73. The van der Waals surface area contributed by atoms with Crippen molar-refractivity contribution in [3.05, 3.63) is 30.1 Å². The minimum Gasteiger partial charge on any atom is -0.465 e. The van der Waals surface area contributed by atoms with Gasteiger partial charge < -0.3 is 4.74 Å². The Morgan fingerprint density at radius 2 is 2.07 bits per heavy atom. The number of hydrogen-bond donors (Lipinski definition) is 0. The van der Waals surface area contributed by atoms with Crippen molar-refractivity contribution in [3.8, 4) is 0 Å². The summed E-state index contributed by atoms with van der Waals surface area (Å²) in [6.45, 7) is 1.94. The van der Waals surface area contributed by atoms with E-state index in [4.69, 9.17) is 4.74 Å². The van der Waals surface area contributed by atoms with Gasteiger partial charge in [-0.25, -0.2) is 0 Å². The fourth-order valence-corrected chi connectivity index (χ4v) is 1.38. The van der Waals surface area contributed by atoms with Crippen molar-refractivity contribution < 1.29 is 14.3 Å². The number of pyridine rings is 1. The molecule has 0 aromatic carbocycles. The molecule has 0 saturated carbocycles. The van der Waals surface area contributed by atoms with E-state index in [0.717, 1.165) is 0 Å². The van der Waals surface area contributed by atoms with Crippen molar-refractivity contribution in [2.24, 2.45) is 0 Å². The lowest BCUT2D eigenvalue weighted by Gasteiger charge is -2.07. The van der Waals surface area contributed by atoms with Crippen LogP contribution < -0.4 is 0 Å². The number of Topliss-reactive ketones (excluding diaryl/α,β-unsaturated/α-hetero) is 1. The Bertz CT molecular complexity index is 353. The molecule has 1 heterocycles. The van der Waals surface area contributed by atoms with Crippen molar-refractivity contribution >= 4 is 27.7 Å². The summed E-state index contributed by atoms with van der Waals surface area (Å²) < 4.78 is 4.72. The number of ketones is 1. The molecule has 1 atom stereocenters. The maximum atomic E-state index is 11.7. The average Bonchev–Trinajstić information content (AvgIpc) is 2.28. The molecule has 0 unspecified atom stereocenters. The van der Waals surface area contributed by atoms with Gasteiger partial charge in [-0.05, 0) is 19.1 Å². The predicted molar refractivity (Wildman–Crippen MR) is 57.9 cm³/mol. The number of hydrogen-bond acceptors (Lipinski definition) is 4. The second kappa shape index (κ2) is 5.60. The van der Waals surface area contributed by atoms with Crippen LogP contribution >= 0.6 is 15.9 Å². The van der Waals surface area contributed by atoms with Gasteiger partial charge in [0.05, 0.1) is 6.61 Å². The molecule has 0 fully saturated rings. The number of ether oxygens (including phenoxy) is 1. The summed E-state index contributed by atoms with van der Waals surface area (Å²) >= 11 is 3.00. The van der Waals surface area contributed by atoms with Crippen LogP contribution in [0.5, 0.6) is 0 Å². The summed E-state index contributed by atoms with van der Waals surface area (Å²) in [5.41, 5.74) is 0.430. The molecule has 1 aromatic rings. The zero-order chi connectivity index (χ0) is 11.3. The lowest BCUT2D eigenvalue weighted by atomic mass is 10.1. The van der Waals surface area contributed by atoms with Crippen LogP contribution in [0.2, 0.25) is 0 Å². The number of carbonyl (C=O) groups excluding carboxylic acids is 2. The molecule has 0 bridgehead atoms. The third-order valence-corrected chi connectivity index (χ3v) is 2.48. The van der Waals surface area contributed by atoms with Gasteiger partial charge in [0.2, 0.25) is 0 Å². The van der Waals surface area contributed by atoms with Crippen LogP contribution in [0.15, 0.2) is 24.5 Å². The molecule has 1 aromatic heterocycles. The monoisotopic (exact) mass is 271 g/mol. The predicted octanol–water partition coefficient (Wildman–Crippen LogP) is 1.59. The second-order valence-electron chi connectivity index (χ2n) is 2.71. The molecule has 0 amide bonds. The van der Waals surface area contributed by atoms with E-state index in [9.17, 15) is 9.59 Å². The first-order chi connectivity index (χ1) is 7.16. The maximum absolute atomic E-state index is 11.7. The van der Waals surface area contributed by atoms with E-state index < -0.39 is 10.8 Å². The minimum atomic E-state index is -0.945. The van der Waals surface area contributed by atoms with Crippen molar-refractivity contribution in [3.63, 3.8) is 0 Å². The Labute approximate surface area is 95.8 Å². The van der Waals surface area contributed by atoms with E-state index in [1.807, 2.05) is 0 Å². The summed E-state index contributed by atoms with van der Waals surface area (Å²) in [6.07, 6.45) is 3.00. The molecule has 0 spiro atoms. The topological polar surface area (TPSA) is 56.3 Å². The van der Waals surface area contributed by atoms with E-state index in [0.29, 0.717) is 5.56 Å². The minimum absolute atomic E-state index is 0.255. The Morgan fingerprint density at radius 3 is 2.60 bits per heavy atom. The fraction of sp³-hybridized carbons (Fsp3) is 0.300. The highest BCUT2D eigenvalue weighted by molar-refractivity contribution is 9.10. The Hall–Kier alpha value is -1.23. The van der Waals surface area contributed by atoms with Crippen molar-refractivity contribution in [2.75, 3.05) is 6.61 Å². The summed E-state index contributed by atoms with van der Waals surface area (Å²) in [5.74, 6) is -0.893. The summed E-state index contributed by atoms with van der Waals surface area (Å²) in [4.78, 5) is 25.8. The number of halogens is 1. The van der Waals surface area contributed by atoms with Crippen molar-refractivity contribution in [1.82, 2.24) is 4.98 Å². The van der Waals surface area contributed by atoms with E-state index >= 15 is 0 Å². The summed E-state index contributed by atoms with van der Waals surface area (Å²) in [5, 5.41) is 0. The van der Waals surface area contributed by atoms with Gasteiger partial charge in [0, 0.05) is 18.0 Å². The molecule has 15 heavy (non-hydrogen) atoms. The number of nitrogens with zero attached hydrogens (tertiary/aromatic N) is 1. The zero-order valence-electron chi connectivity index (χ0n) is 8.14. The molecule has 1 rings (SSSR count). The van der Waals surface area contributed by atoms with E-state index in [2.05, 4.69) is 20.9 Å². The van der Waals surface area contributed by atoms with Crippen LogP contribution in [-0.4, -0.2) is 28.2 Å². The van der Waals surface area contributed by atoms with Gasteiger partial charge >= 0.3 is 5.97 Å². The number of esters is 1. The van der Waals surface area contributed by atoms with Crippen LogP contribution in [-0.2, 0) is 9.53 Å². The highest BCUT2D eigenvalue weighted by Gasteiger charge is 2.25. The number of rotatable bonds is 4. The van der Waals surface area contributed by atoms with Crippen LogP contribution in [0.1, 0.15) is 17.3 Å². The van der Waals surface area contributed by atoms with Crippen LogP contribution in [0.25, 0.3) is 0 Å². The van der Waals surface area contributed by atoms with Crippen LogP contribution in [0.3, 0.4) is 0 Å². The number of aromatic nitrogens is 1. The lowest BCUT2D eigenvalue weighted by Crippen LogP contribution is -2.26. The lowest BCUT2D eigenvalue weighted by molar-refractivity contribution is -0.141. The highest BCUT2D eigenvalue weighted by atomic mass is 79.9. The molecule has 0 aliphatic carbocycles. The molecular weight excluding hydrogens is 262 g/mol. The molecule has 5 heteroatoms. The van der Waals surface area contributed by atoms with Crippen LogP contribution in [0, 0.1) is 0 Å². The SMILES string of the molecule is CCOC(=O)[C@@H](Br)C(=O)c1ccncc1. The molecule has 0 radical (unpaired) electrons. The Morgan fingerprint density at radius 1 is 1.47 bits per heavy atom. The summed E-state index contributed by atoms with van der Waals surface area (Å²) in [6, 6.07) is 3.10. The smallest absolute Gasteiger partial charge is 0.327 e. The second-order valence-corrected chi connectivity index (χ2v) is 3.63. The fourth-order valence-electron chi connectivity index (χ4n) is 0.985. The van der Waals surface area contributed by atoms with Gasteiger partial charge in [-0.3, -0.25) is 14.6 Å². The zero-order valence-corrected chi connectivity index (χ0v) is 9.73.